The summed E-state index contributed by atoms with van der Waals surface area (Å²) in [6, 6.07) is 5.93. The highest BCUT2D eigenvalue weighted by Crippen LogP contribution is 2.18. The third-order valence-corrected chi connectivity index (χ3v) is 4.22. The lowest BCUT2D eigenvalue weighted by Crippen LogP contribution is -2.38. The molecule has 3 N–H and O–H groups in total. The minimum absolute atomic E-state index is 0.262. The van der Waals surface area contributed by atoms with Crippen LogP contribution in [0.4, 0.5) is 17.6 Å². The van der Waals surface area contributed by atoms with Gasteiger partial charge in [0.05, 0.1) is 6.10 Å². The van der Waals surface area contributed by atoms with Gasteiger partial charge < -0.3 is 20.6 Å². The smallest absolute Gasteiger partial charge is 0.224 e. The highest BCUT2D eigenvalue weighted by molar-refractivity contribution is 5.43. The van der Waals surface area contributed by atoms with Crippen LogP contribution in [0.2, 0.25) is 0 Å². The molecular formula is C18H26N6O. The summed E-state index contributed by atoms with van der Waals surface area (Å²) >= 11 is 0. The van der Waals surface area contributed by atoms with Crippen molar-refractivity contribution in [3.63, 3.8) is 0 Å². The quantitative estimate of drug-likeness (QED) is 0.664. The van der Waals surface area contributed by atoms with Gasteiger partial charge in [-0.15, -0.1) is 0 Å². The first-order valence-corrected chi connectivity index (χ1v) is 8.87. The molecule has 0 aromatic carbocycles. The molecular weight excluding hydrogens is 316 g/mol. The molecule has 1 aliphatic rings. The van der Waals surface area contributed by atoms with Crippen LogP contribution in [0.3, 0.4) is 0 Å². The predicted molar refractivity (Wildman–Crippen MR) is 100 cm³/mol. The molecule has 0 amide bonds. The Hall–Kier alpha value is -2.41. The monoisotopic (exact) mass is 342 g/mol. The predicted octanol–water partition coefficient (Wildman–Crippen LogP) is 2.06. The minimum atomic E-state index is -0.262. The van der Waals surface area contributed by atoms with Gasteiger partial charge in [-0.2, -0.15) is 4.98 Å². The normalized spacial score (nSPS) is 17.4. The Labute approximate surface area is 148 Å². The summed E-state index contributed by atoms with van der Waals surface area (Å²) in [7, 11) is 0. The molecule has 0 radical (unpaired) electrons. The average Bonchev–Trinajstić information content (AvgIpc) is 2.63. The molecule has 0 spiro atoms. The van der Waals surface area contributed by atoms with E-state index >= 15 is 0 Å². The summed E-state index contributed by atoms with van der Waals surface area (Å²) in [5.41, 5.74) is 1.16. The lowest BCUT2D eigenvalue weighted by atomic mass is 10.1. The van der Waals surface area contributed by atoms with Crippen molar-refractivity contribution in [2.24, 2.45) is 0 Å². The summed E-state index contributed by atoms with van der Waals surface area (Å²) < 4.78 is 0. The van der Waals surface area contributed by atoms with Crippen LogP contribution in [0.1, 0.15) is 24.8 Å². The van der Waals surface area contributed by atoms with Gasteiger partial charge in [0.15, 0.2) is 0 Å². The topological polar surface area (TPSA) is 86.2 Å². The second-order valence-corrected chi connectivity index (χ2v) is 6.41. The maximum absolute atomic E-state index is 9.81. The van der Waals surface area contributed by atoms with E-state index in [1.165, 1.54) is 0 Å². The Balaban J connectivity index is 1.42. The molecule has 1 aliphatic heterocycles. The minimum Gasteiger partial charge on any atom is -0.391 e. The van der Waals surface area contributed by atoms with Gasteiger partial charge in [-0.3, -0.25) is 0 Å². The van der Waals surface area contributed by atoms with Gasteiger partial charge in [-0.25, -0.2) is 9.97 Å². The molecule has 3 rings (SSSR count). The number of aliphatic hydroxyl groups excluding tert-OH is 1. The number of nitrogens with zero attached hydrogens (tertiary/aromatic N) is 4. The van der Waals surface area contributed by atoms with Crippen molar-refractivity contribution in [3.05, 3.63) is 36.2 Å². The molecule has 134 valence electrons. The van der Waals surface area contributed by atoms with Crippen molar-refractivity contribution in [3.8, 4) is 0 Å². The number of hydrogen-bond acceptors (Lipinski definition) is 7. The van der Waals surface area contributed by atoms with E-state index in [-0.39, 0.29) is 6.10 Å². The third kappa shape index (κ3) is 5.29. The summed E-state index contributed by atoms with van der Waals surface area (Å²) in [5.74, 6) is 2.40. The van der Waals surface area contributed by atoms with Crippen molar-refractivity contribution in [2.45, 2.75) is 32.3 Å². The largest absolute Gasteiger partial charge is 0.391 e. The molecule has 1 saturated heterocycles. The van der Waals surface area contributed by atoms with E-state index in [1.807, 2.05) is 31.3 Å². The van der Waals surface area contributed by atoms with Crippen LogP contribution in [-0.2, 0) is 0 Å². The maximum Gasteiger partial charge on any atom is 0.224 e. The first kappa shape index (κ1) is 17.4. The van der Waals surface area contributed by atoms with Crippen LogP contribution in [0, 0.1) is 6.92 Å². The third-order valence-electron chi connectivity index (χ3n) is 4.22. The number of pyridine rings is 1. The number of hydrogen-bond donors (Lipinski definition) is 3. The molecule has 2 aromatic rings. The van der Waals surface area contributed by atoms with E-state index < -0.39 is 0 Å². The number of rotatable bonds is 7. The van der Waals surface area contributed by atoms with Crippen LogP contribution in [0.5, 0.6) is 0 Å². The number of anilines is 3. The second kappa shape index (κ2) is 8.62. The summed E-state index contributed by atoms with van der Waals surface area (Å²) in [5, 5.41) is 16.4. The SMILES string of the molecule is Cc1ccc(NCCCNc2nccc(N3CCCC(O)C3)n2)nc1. The number of aliphatic hydroxyl groups is 1. The lowest BCUT2D eigenvalue weighted by Gasteiger charge is -2.31. The van der Waals surface area contributed by atoms with Crippen LogP contribution in [0.15, 0.2) is 30.6 Å². The van der Waals surface area contributed by atoms with Crippen molar-refractivity contribution >= 4 is 17.6 Å². The van der Waals surface area contributed by atoms with Crippen molar-refractivity contribution in [1.82, 2.24) is 15.0 Å². The van der Waals surface area contributed by atoms with Gasteiger partial charge in [-0.05, 0) is 43.9 Å². The molecule has 0 aliphatic carbocycles. The molecule has 25 heavy (non-hydrogen) atoms. The maximum atomic E-state index is 9.81. The fraction of sp³-hybridized carbons (Fsp3) is 0.500. The zero-order valence-electron chi connectivity index (χ0n) is 14.6. The molecule has 7 nitrogen and oxygen atoms in total. The van der Waals surface area contributed by atoms with E-state index in [1.54, 1.807) is 6.20 Å². The van der Waals surface area contributed by atoms with Gasteiger partial charge in [0, 0.05) is 38.6 Å². The second-order valence-electron chi connectivity index (χ2n) is 6.41. The molecule has 3 heterocycles. The van der Waals surface area contributed by atoms with Gasteiger partial charge in [0.2, 0.25) is 5.95 Å². The molecule has 7 heteroatoms. The Morgan fingerprint density at radius 1 is 1.20 bits per heavy atom. The van der Waals surface area contributed by atoms with E-state index in [0.717, 1.165) is 56.1 Å². The number of piperidine rings is 1. The molecule has 1 atom stereocenters. The van der Waals surface area contributed by atoms with Gasteiger partial charge >= 0.3 is 0 Å². The van der Waals surface area contributed by atoms with Crippen LogP contribution >= 0.6 is 0 Å². The standard InChI is InChI=1S/C18H26N6O/c1-14-5-6-16(22-12-14)19-8-3-9-20-18-21-10-7-17(23-18)24-11-2-4-15(25)13-24/h5-7,10,12,15,25H,2-4,8-9,11,13H2,1H3,(H,19,22)(H,20,21,23). The Bertz CT molecular complexity index is 663. The molecule has 0 bridgehead atoms. The van der Waals surface area contributed by atoms with E-state index in [0.29, 0.717) is 12.5 Å². The van der Waals surface area contributed by atoms with Gasteiger partial charge in [0.25, 0.3) is 0 Å². The summed E-state index contributed by atoms with van der Waals surface area (Å²) in [4.78, 5) is 15.3. The zero-order chi connectivity index (χ0) is 17.5. The average molecular weight is 342 g/mol. The van der Waals surface area contributed by atoms with Gasteiger partial charge in [0.1, 0.15) is 11.6 Å². The zero-order valence-corrected chi connectivity index (χ0v) is 14.6. The molecule has 1 unspecified atom stereocenters. The van der Waals surface area contributed by atoms with Crippen LogP contribution < -0.4 is 15.5 Å². The Morgan fingerprint density at radius 2 is 2.08 bits per heavy atom. The fourth-order valence-corrected chi connectivity index (χ4v) is 2.85. The van der Waals surface area contributed by atoms with Crippen molar-refractivity contribution in [2.75, 3.05) is 41.7 Å². The molecule has 1 fully saturated rings. The number of nitrogens with one attached hydrogen (secondary N) is 2. The van der Waals surface area contributed by atoms with E-state index in [9.17, 15) is 5.11 Å². The molecule has 2 aromatic heterocycles. The summed E-state index contributed by atoms with van der Waals surface area (Å²) in [6.07, 6.45) is 6.16. The first-order chi connectivity index (χ1) is 12.2. The van der Waals surface area contributed by atoms with Crippen LogP contribution in [0.25, 0.3) is 0 Å². The highest BCUT2D eigenvalue weighted by atomic mass is 16.3. The summed E-state index contributed by atoms with van der Waals surface area (Å²) in [6.45, 7) is 5.22. The fourth-order valence-electron chi connectivity index (χ4n) is 2.85. The van der Waals surface area contributed by atoms with E-state index in [2.05, 4.69) is 30.5 Å². The number of aryl methyl sites for hydroxylation is 1. The van der Waals surface area contributed by atoms with Crippen LogP contribution in [-0.4, -0.2) is 52.3 Å². The van der Waals surface area contributed by atoms with Crippen molar-refractivity contribution < 1.29 is 5.11 Å². The lowest BCUT2D eigenvalue weighted by molar-refractivity contribution is 0.154. The number of β-amino-alcohol motifs (C(OH)–C–C–N with tert-alkyl or cyclic N) is 1. The number of aromatic nitrogens is 3. The Kier molecular flexibility index (Phi) is 6.00. The van der Waals surface area contributed by atoms with Crippen molar-refractivity contribution in [1.29, 1.82) is 0 Å². The highest BCUT2D eigenvalue weighted by Gasteiger charge is 2.19. The first-order valence-electron chi connectivity index (χ1n) is 8.87. The Morgan fingerprint density at radius 3 is 2.88 bits per heavy atom. The van der Waals surface area contributed by atoms with Gasteiger partial charge in [-0.1, -0.05) is 6.07 Å². The van der Waals surface area contributed by atoms with E-state index in [4.69, 9.17) is 0 Å². The molecule has 0 saturated carbocycles.